The third-order valence-corrected chi connectivity index (χ3v) is 13.0. The van der Waals surface area contributed by atoms with E-state index in [0.29, 0.717) is 11.8 Å². The van der Waals surface area contributed by atoms with Crippen LogP contribution in [-0.2, 0) is 0 Å². The molecule has 0 N–H and O–H groups in total. The fourth-order valence-corrected chi connectivity index (χ4v) is 12.2. The summed E-state index contributed by atoms with van der Waals surface area (Å²) in [6.07, 6.45) is 11.1. The molecule has 0 spiro atoms. The Labute approximate surface area is 165 Å². The van der Waals surface area contributed by atoms with E-state index < -0.39 is 0 Å². The zero-order valence-electron chi connectivity index (χ0n) is 18.1. The van der Waals surface area contributed by atoms with Gasteiger partial charge in [-0.1, -0.05) is 96.9 Å². The maximum Gasteiger partial charge on any atom is 0.0157 e. The standard InChI is InChI=1S/C22H42P2S/c1-9-13-23(14-10-2)19-20(24(15-11-3)16-12-4)22(18(7)8)25-21(19)17(5)6/h17-18H,9-16H2,1-8H3. The van der Waals surface area contributed by atoms with Gasteiger partial charge in [0, 0.05) is 9.75 Å². The van der Waals surface area contributed by atoms with Crippen molar-refractivity contribution in [1.82, 2.24) is 0 Å². The van der Waals surface area contributed by atoms with Crippen LogP contribution in [0.1, 0.15) is 103 Å². The third kappa shape index (κ3) is 6.30. The first kappa shape index (κ1) is 23.6. The summed E-state index contributed by atoms with van der Waals surface area (Å²) in [5.74, 6) is 1.37. The van der Waals surface area contributed by atoms with E-state index >= 15 is 0 Å². The first-order valence-electron chi connectivity index (χ1n) is 10.6. The van der Waals surface area contributed by atoms with Crippen LogP contribution in [0.3, 0.4) is 0 Å². The average molecular weight is 401 g/mol. The molecule has 0 unspecified atom stereocenters. The highest BCUT2D eigenvalue weighted by Crippen LogP contribution is 2.48. The van der Waals surface area contributed by atoms with Crippen molar-refractivity contribution in [3.05, 3.63) is 9.75 Å². The minimum absolute atomic E-state index is 0.0388. The monoisotopic (exact) mass is 400 g/mol. The summed E-state index contributed by atoms with van der Waals surface area (Å²) in [6, 6.07) is 0. The maximum atomic E-state index is 2.43. The van der Waals surface area contributed by atoms with E-state index in [2.05, 4.69) is 66.7 Å². The molecule has 0 atom stereocenters. The van der Waals surface area contributed by atoms with Crippen molar-refractivity contribution in [3.8, 4) is 0 Å². The van der Waals surface area contributed by atoms with Crippen LogP contribution in [0, 0.1) is 0 Å². The van der Waals surface area contributed by atoms with Crippen LogP contribution in [-0.4, -0.2) is 24.6 Å². The van der Waals surface area contributed by atoms with Crippen LogP contribution in [0.2, 0.25) is 0 Å². The molecule has 0 amide bonds. The summed E-state index contributed by atoms with van der Waals surface area (Å²) in [5.41, 5.74) is 0. The normalized spacial score (nSPS) is 12.3. The highest BCUT2D eigenvalue weighted by molar-refractivity contribution is 7.73. The Morgan fingerprint density at radius 1 is 0.600 bits per heavy atom. The van der Waals surface area contributed by atoms with Crippen LogP contribution >= 0.6 is 27.2 Å². The molecule has 0 saturated carbocycles. The van der Waals surface area contributed by atoms with Crippen LogP contribution in [0.15, 0.2) is 0 Å². The van der Waals surface area contributed by atoms with Crippen molar-refractivity contribution >= 4 is 37.8 Å². The van der Waals surface area contributed by atoms with E-state index in [1.807, 2.05) is 10.6 Å². The van der Waals surface area contributed by atoms with Gasteiger partial charge >= 0.3 is 0 Å². The van der Waals surface area contributed by atoms with E-state index in [0.717, 1.165) is 0 Å². The highest BCUT2D eigenvalue weighted by atomic mass is 32.1. The summed E-state index contributed by atoms with van der Waals surface area (Å²) in [6.45, 7) is 19.2. The molecule has 0 aliphatic rings. The Morgan fingerprint density at radius 2 is 0.880 bits per heavy atom. The van der Waals surface area contributed by atoms with Crippen molar-refractivity contribution in [2.75, 3.05) is 24.6 Å². The van der Waals surface area contributed by atoms with Crippen molar-refractivity contribution in [2.45, 2.75) is 92.9 Å². The molecule has 0 bridgehead atoms. The Balaban J connectivity index is 3.60. The summed E-state index contributed by atoms with van der Waals surface area (Å²) in [5, 5.41) is 3.80. The quantitative estimate of drug-likeness (QED) is 0.313. The molecule has 1 aromatic heterocycles. The summed E-state index contributed by atoms with van der Waals surface area (Å²) in [7, 11) is 0.0776. The predicted octanol–water partition coefficient (Wildman–Crippen LogP) is 7.85. The van der Waals surface area contributed by atoms with Gasteiger partial charge in [0.05, 0.1) is 0 Å². The number of hydrogen-bond donors (Lipinski definition) is 0. The van der Waals surface area contributed by atoms with Crippen molar-refractivity contribution in [2.24, 2.45) is 0 Å². The molecule has 0 fully saturated rings. The molecule has 0 aliphatic heterocycles. The van der Waals surface area contributed by atoms with Gasteiger partial charge in [-0.15, -0.1) is 11.3 Å². The Morgan fingerprint density at radius 3 is 1.08 bits per heavy atom. The highest BCUT2D eigenvalue weighted by Gasteiger charge is 2.29. The SMILES string of the molecule is CCCP(CCC)c1c(C(C)C)sc(C(C)C)c1P(CCC)CCC. The molecule has 1 heterocycles. The molecule has 0 aliphatic carbocycles. The van der Waals surface area contributed by atoms with E-state index in [1.165, 1.54) is 50.3 Å². The zero-order valence-corrected chi connectivity index (χ0v) is 20.7. The molecule has 0 saturated heterocycles. The van der Waals surface area contributed by atoms with Gasteiger partial charge in [0.1, 0.15) is 0 Å². The molecule has 1 rings (SSSR count). The molecule has 0 aromatic carbocycles. The van der Waals surface area contributed by atoms with Gasteiger partial charge in [0.25, 0.3) is 0 Å². The first-order chi connectivity index (χ1) is 11.9. The lowest BCUT2D eigenvalue weighted by atomic mass is 10.1. The topological polar surface area (TPSA) is 0 Å². The summed E-state index contributed by atoms with van der Waals surface area (Å²) >= 11 is 2.19. The largest absolute Gasteiger partial charge is 0.143 e. The van der Waals surface area contributed by atoms with Gasteiger partial charge in [-0.2, -0.15) is 0 Å². The second-order valence-electron chi connectivity index (χ2n) is 7.81. The van der Waals surface area contributed by atoms with Crippen molar-refractivity contribution < 1.29 is 0 Å². The van der Waals surface area contributed by atoms with E-state index in [9.17, 15) is 0 Å². The summed E-state index contributed by atoms with van der Waals surface area (Å²) in [4.78, 5) is 3.51. The molecule has 146 valence electrons. The van der Waals surface area contributed by atoms with Gasteiger partial charge in [0.2, 0.25) is 0 Å². The molecular formula is C22H42P2S. The van der Waals surface area contributed by atoms with E-state index in [4.69, 9.17) is 0 Å². The Hall–Kier alpha value is 0.560. The van der Waals surface area contributed by atoms with Gasteiger partial charge in [0.15, 0.2) is 0 Å². The van der Waals surface area contributed by atoms with Crippen LogP contribution in [0.5, 0.6) is 0 Å². The lowest BCUT2D eigenvalue weighted by molar-refractivity contribution is 0.891. The van der Waals surface area contributed by atoms with Gasteiger partial charge < -0.3 is 0 Å². The Bertz CT molecular complexity index is 436. The second-order valence-corrected chi connectivity index (χ2v) is 13.7. The molecule has 0 radical (unpaired) electrons. The second kappa shape index (κ2) is 12.1. The molecular weight excluding hydrogens is 358 g/mol. The lowest BCUT2D eigenvalue weighted by Crippen LogP contribution is -2.27. The Kier molecular flexibility index (Phi) is 11.4. The lowest BCUT2D eigenvalue weighted by Gasteiger charge is -2.26. The molecule has 3 heteroatoms. The smallest absolute Gasteiger partial charge is 0.0157 e. The van der Waals surface area contributed by atoms with Gasteiger partial charge in [-0.05, 0) is 47.1 Å². The first-order valence-corrected chi connectivity index (χ1v) is 14.8. The number of rotatable bonds is 12. The fraction of sp³-hybridized carbons (Fsp3) is 0.818. The van der Waals surface area contributed by atoms with Crippen molar-refractivity contribution in [3.63, 3.8) is 0 Å². The molecule has 0 nitrogen and oxygen atoms in total. The summed E-state index contributed by atoms with van der Waals surface area (Å²) < 4.78 is 0. The van der Waals surface area contributed by atoms with Gasteiger partial charge in [-0.25, -0.2) is 0 Å². The van der Waals surface area contributed by atoms with Crippen LogP contribution in [0.25, 0.3) is 0 Å². The minimum Gasteiger partial charge on any atom is -0.143 e. The molecule has 1 aromatic rings. The van der Waals surface area contributed by atoms with Crippen molar-refractivity contribution in [1.29, 1.82) is 0 Å². The molecule has 25 heavy (non-hydrogen) atoms. The van der Waals surface area contributed by atoms with Crippen LogP contribution < -0.4 is 10.6 Å². The van der Waals surface area contributed by atoms with E-state index in [1.54, 1.807) is 9.75 Å². The van der Waals surface area contributed by atoms with Crippen LogP contribution in [0.4, 0.5) is 0 Å². The third-order valence-electron chi connectivity index (χ3n) is 4.57. The van der Waals surface area contributed by atoms with E-state index in [-0.39, 0.29) is 15.8 Å². The number of hydrogen-bond acceptors (Lipinski definition) is 1. The maximum absolute atomic E-state index is 2.43. The average Bonchev–Trinajstić information content (AvgIpc) is 2.95. The zero-order chi connectivity index (χ0) is 19.0. The number of thiophene rings is 1. The van der Waals surface area contributed by atoms with Gasteiger partial charge in [-0.3, -0.25) is 0 Å². The minimum atomic E-state index is 0.0388. The predicted molar refractivity (Wildman–Crippen MR) is 126 cm³/mol. The fourth-order valence-electron chi connectivity index (χ4n) is 3.59.